The second-order valence-electron chi connectivity index (χ2n) is 7.12. The standard InChI is InChI=1S/C20H24FN5O2/c1-28-12-15-3-2-7-26(15)8-6-22-20(27)19-11-18(24-25-19)17-10-13-9-14(21)4-5-16(13)23-17/h4-5,9-11,15,23H,2-3,6-8,12H2,1H3,(H,22,27)(H,24,25)/t15-/m0/s1. The van der Waals surface area contributed by atoms with Gasteiger partial charge in [-0.1, -0.05) is 0 Å². The number of likely N-dealkylation sites (tertiary alicyclic amines) is 1. The number of rotatable bonds is 7. The lowest BCUT2D eigenvalue weighted by atomic mass is 10.2. The van der Waals surface area contributed by atoms with Gasteiger partial charge in [-0.25, -0.2) is 4.39 Å². The number of ether oxygens (including phenoxy) is 1. The highest BCUT2D eigenvalue weighted by Gasteiger charge is 2.24. The van der Waals surface area contributed by atoms with Crippen molar-refractivity contribution < 1.29 is 13.9 Å². The van der Waals surface area contributed by atoms with E-state index in [2.05, 4.69) is 25.4 Å². The fraction of sp³-hybridized carbons (Fsp3) is 0.400. The maximum Gasteiger partial charge on any atom is 0.271 e. The molecule has 7 nitrogen and oxygen atoms in total. The van der Waals surface area contributed by atoms with E-state index in [0.29, 0.717) is 24.0 Å². The zero-order valence-electron chi connectivity index (χ0n) is 15.8. The molecule has 0 radical (unpaired) electrons. The number of benzene rings is 1. The van der Waals surface area contributed by atoms with Crippen LogP contribution in [0.2, 0.25) is 0 Å². The molecule has 1 fully saturated rings. The Morgan fingerprint density at radius 3 is 3.11 bits per heavy atom. The third kappa shape index (κ3) is 3.93. The predicted molar refractivity (Wildman–Crippen MR) is 105 cm³/mol. The van der Waals surface area contributed by atoms with Gasteiger partial charge in [0.2, 0.25) is 0 Å². The fourth-order valence-electron chi connectivity index (χ4n) is 3.80. The summed E-state index contributed by atoms with van der Waals surface area (Å²) in [6.07, 6.45) is 2.30. The Morgan fingerprint density at radius 1 is 1.36 bits per heavy atom. The smallest absolute Gasteiger partial charge is 0.271 e. The molecule has 3 N–H and O–H groups in total. The molecule has 1 aliphatic heterocycles. The predicted octanol–water partition coefficient (Wildman–Crippen LogP) is 2.54. The lowest BCUT2D eigenvalue weighted by molar-refractivity contribution is 0.0927. The highest BCUT2D eigenvalue weighted by atomic mass is 19.1. The molecule has 2 aromatic heterocycles. The van der Waals surface area contributed by atoms with Gasteiger partial charge < -0.3 is 15.0 Å². The summed E-state index contributed by atoms with van der Waals surface area (Å²) in [6.45, 7) is 3.13. The van der Waals surface area contributed by atoms with Gasteiger partial charge in [0.05, 0.1) is 18.0 Å². The van der Waals surface area contributed by atoms with Gasteiger partial charge in [0.15, 0.2) is 5.69 Å². The molecule has 8 heteroatoms. The second-order valence-corrected chi connectivity index (χ2v) is 7.12. The van der Waals surface area contributed by atoms with Crippen LogP contribution in [0.15, 0.2) is 30.3 Å². The van der Waals surface area contributed by atoms with E-state index in [1.807, 2.05) is 6.07 Å². The molecule has 1 amide bonds. The molecule has 1 atom stereocenters. The van der Waals surface area contributed by atoms with Crippen LogP contribution in [0.3, 0.4) is 0 Å². The molecule has 0 bridgehead atoms. The maximum atomic E-state index is 13.4. The zero-order chi connectivity index (χ0) is 19.5. The molecule has 0 aliphatic carbocycles. The van der Waals surface area contributed by atoms with Crippen LogP contribution < -0.4 is 5.32 Å². The number of aromatic nitrogens is 3. The molecule has 3 aromatic rings. The first-order valence-corrected chi connectivity index (χ1v) is 9.49. The first-order chi connectivity index (χ1) is 13.6. The number of nitrogens with zero attached hydrogens (tertiary/aromatic N) is 2. The number of hydrogen-bond acceptors (Lipinski definition) is 4. The normalized spacial score (nSPS) is 17.4. The van der Waals surface area contributed by atoms with Crippen LogP contribution in [0.1, 0.15) is 23.3 Å². The summed E-state index contributed by atoms with van der Waals surface area (Å²) in [4.78, 5) is 17.9. The van der Waals surface area contributed by atoms with Crippen LogP contribution in [0.4, 0.5) is 4.39 Å². The number of carbonyl (C=O) groups excluding carboxylic acids is 1. The van der Waals surface area contributed by atoms with Crippen molar-refractivity contribution in [1.29, 1.82) is 0 Å². The Balaban J connectivity index is 1.36. The molecule has 4 rings (SSSR count). The highest BCUT2D eigenvalue weighted by molar-refractivity contribution is 5.93. The monoisotopic (exact) mass is 385 g/mol. The quantitative estimate of drug-likeness (QED) is 0.583. The molecular weight excluding hydrogens is 361 g/mol. The van der Waals surface area contributed by atoms with Gasteiger partial charge in [-0.05, 0) is 49.7 Å². The molecule has 28 heavy (non-hydrogen) atoms. The molecule has 148 valence electrons. The Kier molecular flexibility index (Phi) is 5.40. The fourth-order valence-corrected chi connectivity index (χ4v) is 3.80. The number of nitrogens with one attached hydrogen (secondary N) is 3. The van der Waals surface area contributed by atoms with Crippen LogP contribution in [0, 0.1) is 5.82 Å². The summed E-state index contributed by atoms with van der Waals surface area (Å²) < 4.78 is 18.6. The van der Waals surface area contributed by atoms with Crippen molar-refractivity contribution in [2.24, 2.45) is 0 Å². The molecule has 1 aliphatic rings. The van der Waals surface area contributed by atoms with Crippen LogP contribution in [-0.4, -0.2) is 65.4 Å². The number of fused-ring (bicyclic) bond motifs is 1. The summed E-state index contributed by atoms with van der Waals surface area (Å²) in [5, 5.41) is 10.7. The van der Waals surface area contributed by atoms with Crippen molar-refractivity contribution in [1.82, 2.24) is 25.4 Å². The molecule has 3 heterocycles. The van der Waals surface area contributed by atoms with E-state index in [1.54, 1.807) is 19.2 Å². The zero-order valence-corrected chi connectivity index (χ0v) is 15.8. The van der Waals surface area contributed by atoms with E-state index in [9.17, 15) is 9.18 Å². The number of methoxy groups -OCH3 is 1. The Hall–Kier alpha value is -2.71. The van der Waals surface area contributed by atoms with Gasteiger partial charge in [-0.2, -0.15) is 5.10 Å². The van der Waals surface area contributed by atoms with E-state index >= 15 is 0 Å². The Morgan fingerprint density at radius 2 is 2.25 bits per heavy atom. The van der Waals surface area contributed by atoms with Crippen LogP contribution >= 0.6 is 0 Å². The van der Waals surface area contributed by atoms with Crippen molar-refractivity contribution in [3.63, 3.8) is 0 Å². The van der Waals surface area contributed by atoms with Crippen molar-refractivity contribution in [3.8, 4) is 11.4 Å². The second kappa shape index (κ2) is 8.12. The SMILES string of the molecule is COC[C@@H]1CCCN1CCNC(=O)c1cc(-c2cc3cc(F)ccc3[nH]2)[nH]n1. The number of carbonyl (C=O) groups is 1. The Labute approximate surface area is 162 Å². The third-order valence-electron chi connectivity index (χ3n) is 5.23. The van der Waals surface area contributed by atoms with E-state index in [0.717, 1.165) is 42.7 Å². The minimum absolute atomic E-state index is 0.216. The molecular formula is C20H24FN5O2. The number of hydrogen-bond donors (Lipinski definition) is 3. The molecule has 0 saturated carbocycles. The van der Waals surface area contributed by atoms with Gasteiger partial charge in [0, 0.05) is 37.1 Å². The van der Waals surface area contributed by atoms with E-state index in [1.165, 1.54) is 18.6 Å². The van der Waals surface area contributed by atoms with Crippen molar-refractivity contribution in [2.75, 3.05) is 33.4 Å². The van der Waals surface area contributed by atoms with Crippen LogP contribution in [0.5, 0.6) is 0 Å². The first-order valence-electron chi connectivity index (χ1n) is 9.49. The van der Waals surface area contributed by atoms with E-state index in [4.69, 9.17) is 4.74 Å². The number of aromatic amines is 2. The molecule has 0 spiro atoms. The summed E-state index contributed by atoms with van der Waals surface area (Å²) in [6, 6.07) is 8.52. The van der Waals surface area contributed by atoms with Gasteiger partial charge in [-0.15, -0.1) is 0 Å². The topological polar surface area (TPSA) is 86.0 Å². The summed E-state index contributed by atoms with van der Waals surface area (Å²) >= 11 is 0. The van der Waals surface area contributed by atoms with E-state index < -0.39 is 0 Å². The van der Waals surface area contributed by atoms with Gasteiger partial charge in [0.1, 0.15) is 5.82 Å². The average molecular weight is 385 g/mol. The molecule has 1 saturated heterocycles. The lowest BCUT2D eigenvalue weighted by Crippen LogP contribution is -2.39. The minimum atomic E-state index is -0.284. The third-order valence-corrected chi connectivity index (χ3v) is 5.23. The maximum absolute atomic E-state index is 13.4. The van der Waals surface area contributed by atoms with Gasteiger partial charge in [0.25, 0.3) is 5.91 Å². The van der Waals surface area contributed by atoms with Crippen molar-refractivity contribution >= 4 is 16.8 Å². The molecule has 1 aromatic carbocycles. The average Bonchev–Trinajstić information content (AvgIpc) is 3.40. The number of halogens is 1. The van der Waals surface area contributed by atoms with E-state index in [-0.39, 0.29) is 11.7 Å². The molecule has 0 unspecified atom stereocenters. The van der Waals surface area contributed by atoms with Crippen molar-refractivity contribution in [3.05, 3.63) is 41.8 Å². The van der Waals surface area contributed by atoms with Crippen molar-refractivity contribution in [2.45, 2.75) is 18.9 Å². The van der Waals surface area contributed by atoms with Gasteiger partial charge >= 0.3 is 0 Å². The van der Waals surface area contributed by atoms with Gasteiger partial charge in [-0.3, -0.25) is 14.8 Å². The largest absolute Gasteiger partial charge is 0.383 e. The van der Waals surface area contributed by atoms with Crippen LogP contribution in [0.25, 0.3) is 22.3 Å². The van der Waals surface area contributed by atoms with Crippen LogP contribution in [-0.2, 0) is 4.74 Å². The number of amides is 1. The summed E-state index contributed by atoms with van der Waals surface area (Å²) in [5.74, 6) is -0.499. The minimum Gasteiger partial charge on any atom is -0.383 e. The lowest BCUT2D eigenvalue weighted by Gasteiger charge is -2.23. The summed E-state index contributed by atoms with van der Waals surface area (Å²) in [7, 11) is 1.72. The summed E-state index contributed by atoms with van der Waals surface area (Å²) in [5.41, 5.74) is 2.59. The first kappa shape index (κ1) is 18.6. The highest BCUT2D eigenvalue weighted by Crippen LogP contribution is 2.24. The Bertz CT molecular complexity index is 967. The number of H-pyrrole nitrogens is 2.